The van der Waals surface area contributed by atoms with Gasteiger partial charge in [0.15, 0.2) is 0 Å². The number of Topliss-reactive ketones (excluding diaryl/α,β-unsaturated/α-hetero) is 1. The molecule has 0 saturated heterocycles. The summed E-state index contributed by atoms with van der Waals surface area (Å²) in [5, 5.41) is 1.16. The molecule has 1 aromatic rings. The second-order valence-corrected chi connectivity index (χ2v) is 5.45. The standard InChI is InChI=1S/C14H16Cl2O/c15-12-7-3-6-11(14(12)16)8-9-13(17)10-4-1-2-5-10/h3,6-7,10H,1-2,4-5,8-9H2. The van der Waals surface area contributed by atoms with Gasteiger partial charge in [0.05, 0.1) is 10.0 Å². The summed E-state index contributed by atoms with van der Waals surface area (Å²) in [6.45, 7) is 0. The predicted octanol–water partition coefficient (Wildman–Crippen LogP) is 4.69. The lowest BCUT2D eigenvalue weighted by atomic mass is 9.97. The van der Waals surface area contributed by atoms with E-state index in [9.17, 15) is 4.79 Å². The van der Waals surface area contributed by atoms with E-state index in [1.165, 1.54) is 12.8 Å². The maximum Gasteiger partial charge on any atom is 0.136 e. The Labute approximate surface area is 112 Å². The molecule has 0 N–H and O–H groups in total. The van der Waals surface area contributed by atoms with E-state index in [1.807, 2.05) is 12.1 Å². The van der Waals surface area contributed by atoms with Gasteiger partial charge >= 0.3 is 0 Å². The highest BCUT2D eigenvalue weighted by molar-refractivity contribution is 6.42. The summed E-state index contributed by atoms with van der Waals surface area (Å²) in [4.78, 5) is 11.9. The van der Waals surface area contributed by atoms with Gasteiger partial charge in [-0.25, -0.2) is 0 Å². The molecule has 1 nitrogen and oxygen atoms in total. The fourth-order valence-corrected chi connectivity index (χ4v) is 2.87. The van der Waals surface area contributed by atoms with Crippen molar-refractivity contribution in [1.82, 2.24) is 0 Å². The lowest BCUT2D eigenvalue weighted by Crippen LogP contribution is -2.11. The SMILES string of the molecule is O=C(CCc1cccc(Cl)c1Cl)C1CCCC1. The van der Waals surface area contributed by atoms with Crippen LogP contribution in [0.1, 0.15) is 37.7 Å². The van der Waals surface area contributed by atoms with Crippen LogP contribution >= 0.6 is 23.2 Å². The third kappa shape index (κ3) is 3.23. The molecule has 1 aliphatic carbocycles. The molecule has 0 spiro atoms. The Morgan fingerprint density at radius 1 is 1.24 bits per heavy atom. The van der Waals surface area contributed by atoms with E-state index >= 15 is 0 Å². The minimum atomic E-state index is 0.299. The van der Waals surface area contributed by atoms with Crippen molar-refractivity contribution in [1.29, 1.82) is 0 Å². The summed E-state index contributed by atoms with van der Waals surface area (Å²) in [7, 11) is 0. The van der Waals surface area contributed by atoms with Crippen LogP contribution < -0.4 is 0 Å². The van der Waals surface area contributed by atoms with E-state index in [0.29, 0.717) is 34.6 Å². The van der Waals surface area contributed by atoms with Gasteiger partial charge < -0.3 is 0 Å². The van der Waals surface area contributed by atoms with Crippen LogP contribution in [0.2, 0.25) is 10.0 Å². The van der Waals surface area contributed by atoms with E-state index < -0.39 is 0 Å². The number of ketones is 1. The Kier molecular flexibility index (Phi) is 4.47. The monoisotopic (exact) mass is 270 g/mol. The number of hydrogen-bond donors (Lipinski definition) is 0. The van der Waals surface area contributed by atoms with Gasteiger partial charge in [-0.15, -0.1) is 0 Å². The van der Waals surface area contributed by atoms with Gasteiger partial charge in [-0.05, 0) is 30.9 Å². The van der Waals surface area contributed by atoms with Crippen molar-refractivity contribution in [3.8, 4) is 0 Å². The normalized spacial score (nSPS) is 16.4. The molecule has 2 rings (SSSR count). The summed E-state index contributed by atoms with van der Waals surface area (Å²) < 4.78 is 0. The first kappa shape index (κ1) is 12.9. The Morgan fingerprint density at radius 3 is 2.65 bits per heavy atom. The van der Waals surface area contributed by atoms with E-state index in [-0.39, 0.29) is 0 Å². The van der Waals surface area contributed by atoms with Crippen LogP contribution in [0, 0.1) is 5.92 Å². The Hall–Kier alpha value is -0.530. The molecular formula is C14H16Cl2O. The molecule has 0 amide bonds. The largest absolute Gasteiger partial charge is 0.299 e. The van der Waals surface area contributed by atoms with Gasteiger partial charge in [0.2, 0.25) is 0 Å². The van der Waals surface area contributed by atoms with Crippen molar-refractivity contribution in [3.63, 3.8) is 0 Å². The minimum absolute atomic E-state index is 0.299. The molecule has 1 saturated carbocycles. The fourth-order valence-electron chi connectivity index (χ4n) is 2.45. The molecular weight excluding hydrogens is 255 g/mol. The molecule has 1 aromatic carbocycles. The van der Waals surface area contributed by atoms with E-state index in [1.54, 1.807) is 6.07 Å². The van der Waals surface area contributed by atoms with Gasteiger partial charge in [-0.2, -0.15) is 0 Å². The topological polar surface area (TPSA) is 17.1 Å². The summed E-state index contributed by atoms with van der Waals surface area (Å²) in [5.41, 5.74) is 0.977. The molecule has 1 fully saturated rings. The molecule has 0 aliphatic heterocycles. The van der Waals surface area contributed by atoms with Gasteiger partial charge in [0, 0.05) is 12.3 Å². The van der Waals surface area contributed by atoms with Crippen LogP contribution in [0.15, 0.2) is 18.2 Å². The van der Waals surface area contributed by atoms with Crippen LogP contribution in [0.4, 0.5) is 0 Å². The molecule has 17 heavy (non-hydrogen) atoms. The number of benzene rings is 1. The van der Waals surface area contributed by atoms with Crippen molar-refractivity contribution in [2.75, 3.05) is 0 Å². The summed E-state index contributed by atoms with van der Waals surface area (Å²) in [5.74, 6) is 0.687. The van der Waals surface area contributed by atoms with Crippen molar-refractivity contribution in [2.24, 2.45) is 5.92 Å². The zero-order valence-corrected chi connectivity index (χ0v) is 11.2. The Balaban J connectivity index is 1.93. The zero-order valence-electron chi connectivity index (χ0n) is 9.72. The van der Waals surface area contributed by atoms with E-state index in [0.717, 1.165) is 18.4 Å². The highest BCUT2D eigenvalue weighted by Crippen LogP contribution is 2.29. The molecule has 1 aliphatic rings. The van der Waals surface area contributed by atoms with Crippen molar-refractivity contribution in [3.05, 3.63) is 33.8 Å². The number of hydrogen-bond acceptors (Lipinski definition) is 1. The van der Waals surface area contributed by atoms with E-state index in [2.05, 4.69) is 0 Å². The molecule has 0 atom stereocenters. The second kappa shape index (κ2) is 5.88. The third-order valence-corrected chi connectivity index (χ3v) is 4.34. The number of aryl methyl sites for hydroxylation is 1. The molecule has 3 heteroatoms. The van der Waals surface area contributed by atoms with Crippen LogP contribution in [-0.4, -0.2) is 5.78 Å². The van der Waals surface area contributed by atoms with Gasteiger partial charge in [-0.3, -0.25) is 4.79 Å². The Morgan fingerprint density at radius 2 is 1.94 bits per heavy atom. The van der Waals surface area contributed by atoms with Crippen LogP contribution in [-0.2, 0) is 11.2 Å². The quantitative estimate of drug-likeness (QED) is 0.776. The molecule has 0 bridgehead atoms. The number of rotatable bonds is 4. The molecule has 0 heterocycles. The first-order chi connectivity index (χ1) is 8.18. The molecule has 92 valence electrons. The predicted molar refractivity (Wildman–Crippen MR) is 71.7 cm³/mol. The number of carbonyl (C=O) groups excluding carboxylic acids is 1. The molecule has 0 aromatic heterocycles. The number of halogens is 2. The lowest BCUT2D eigenvalue weighted by molar-refractivity contribution is -0.122. The highest BCUT2D eigenvalue weighted by atomic mass is 35.5. The summed E-state index contributed by atoms with van der Waals surface area (Å²) in [6.07, 6.45) is 5.84. The lowest BCUT2D eigenvalue weighted by Gasteiger charge is -2.09. The van der Waals surface area contributed by atoms with Crippen LogP contribution in [0.5, 0.6) is 0 Å². The number of carbonyl (C=O) groups is 1. The third-order valence-electron chi connectivity index (χ3n) is 3.48. The van der Waals surface area contributed by atoms with Gasteiger partial charge in [-0.1, -0.05) is 48.2 Å². The summed E-state index contributed by atoms with van der Waals surface area (Å²) in [6, 6.07) is 5.59. The van der Waals surface area contributed by atoms with Gasteiger partial charge in [0.25, 0.3) is 0 Å². The first-order valence-corrected chi connectivity index (χ1v) is 6.89. The zero-order chi connectivity index (χ0) is 12.3. The maximum absolute atomic E-state index is 11.9. The highest BCUT2D eigenvalue weighted by Gasteiger charge is 2.22. The van der Waals surface area contributed by atoms with Crippen molar-refractivity contribution >= 4 is 29.0 Å². The second-order valence-electron chi connectivity index (χ2n) is 4.66. The smallest absolute Gasteiger partial charge is 0.136 e. The van der Waals surface area contributed by atoms with Gasteiger partial charge in [0.1, 0.15) is 5.78 Å². The summed E-state index contributed by atoms with van der Waals surface area (Å²) >= 11 is 12.0. The average Bonchev–Trinajstić information content (AvgIpc) is 2.84. The Bertz CT molecular complexity index is 409. The van der Waals surface area contributed by atoms with E-state index in [4.69, 9.17) is 23.2 Å². The minimum Gasteiger partial charge on any atom is -0.299 e. The molecule has 0 radical (unpaired) electrons. The fraction of sp³-hybridized carbons (Fsp3) is 0.500. The molecule has 0 unspecified atom stereocenters. The van der Waals surface area contributed by atoms with Crippen LogP contribution in [0.3, 0.4) is 0 Å². The average molecular weight is 271 g/mol. The van der Waals surface area contributed by atoms with Crippen molar-refractivity contribution < 1.29 is 4.79 Å². The maximum atomic E-state index is 11.9. The first-order valence-electron chi connectivity index (χ1n) is 6.14. The van der Waals surface area contributed by atoms with Crippen LogP contribution in [0.25, 0.3) is 0 Å². The van der Waals surface area contributed by atoms with Crippen molar-refractivity contribution in [2.45, 2.75) is 38.5 Å².